The number of carbonyl (C=O) groups is 2. The van der Waals surface area contributed by atoms with Crippen LogP contribution >= 0.6 is 0 Å². The predicted octanol–water partition coefficient (Wildman–Crippen LogP) is 6.61. The van der Waals surface area contributed by atoms with Gasteiger partial charge in [-0.3, -0.25) is 4.79 Å². The van der Waals surface area contributed by atoms with Crippen molar-refractivity contribution >= 4 is 11.9 Å². The number of esters is 1. The van der Waals surface area contributed by atoms with Crippen molar-refractivity contribution in [1.29, 1.82) is 0 Å². The molecule has 1 aliphatic carbocycles. The molecular formula is C31H38F2N2O7. The summed E-state index contributed by atoms with van der Waals surface area (Å²) in [6.07, 6.45) is 12.7. The summed E-state index contributed by atoms with van der Waals surface area (Å²) in [4.78, 5) is 37.8. The van der Waals surface area contributed by atoms with E-state index in [4.69, 9.17) is 9.47 Å². The number of benzene rings is 2. The van der Waals surface area contributed by atoms with Crippen molar-refractivity contribution in [2.24, 2.45) is 5.92 Å². The Hall–Kier alpha value is -4.28. The van der Waals surface area contributed by atoms with Crippen molar-refractivity contribution < 1.29 is 37.8 Å². The van der Waals surface area contributed by atoms with Gasteiger partial charge in [-0.2, -0.15) is 8.78 Å². The molecule has 9 nitrogen and oxygen atoms in total. The Morgan fingerprint density at radius 3 is 2.48 bits per heavy atom. The smallest absolute Gasteiger partial charge is 0.330 e. The lowest BCUT2D eigenvalue weighted by Gasteiger charge is -2.14. The third-order valence-electron chi connectivity index (χ3n) is 6.15. The molecule has 0 saturated heterocycles. The number of alkyl halides is 2. The molecule has 0 heterocycles. The Morgan fingerprint density at radius 2 is 1.79 bits per heavy atom. The molecular weight excluding hydrogens is 550 g/mol. The predicted molar refractivity (Wildman–Crippen MR) is 154 cm³/mol. The molecule has 3 rings (SSSR count). The summed E-state index contributed by atoms with van der Waals surface area (Å²) >= 11 is 0. The number of hydrogen-bond acceptors (Lipinski definition) is 7. The topological polar surface area (TPSA) is 117 Å². The Balaban J connectivity index is 0.000000305. The summed E-state index contributed by atoms with van der Waals surface area (Å²) in [5.41, 5.74) is 0.361. The highest BCUT2D eigenvalue weighted by Crippen LogP contribution is 2.28. The van der Waals surface area contributed by atoms with Crippen molar-refractivity contribution in [1.82, 2.24) is 5.32 Å². The monoisotopic (exact) mass is 588 g/mol. The van der Waals surface area contributed by atoms with Gasteiger partial charge in [-0.1, -0.05) is 67.5 Å². The van der Waals surface area contributed by atoms with Gasteiger partial charge in [0, 0.05) is 12.0 Å². The van der Waals surface area contributed by atoms with Gasteiger partial charge in [0.05, 0.1) is 0 Å². The number of nitrogens with one attached hydrogen (secondary N) is 1. The van der Waals surface area contributed by atoms with Crippen molar-refractivity contribution in [2.45, 2.75) is 64.4 Å². The maximum atomic E-state index is 13.6. The lowest BCUT2D eigenvalue weighted by atomic mass is 10.1. The Kier molecular flexibility index (Phi) is 15.3. The molecule has 1 fully saturated rings. The number of allylic oxidation sites excluding steroid dienone is 3. The second kappa shape index (κ2) is 19.0. The Bertz CT molecular complexity index is 1170. The first-order valence-electron chi connectivity index (χ1n) is 13.9. The molecule has 0 bridgehead atoms. The van der Waals surface area contributed by atoms with Crippen molar-refractivity contribution in [2.75, 3.05) is 13.2 Å². The van der Waals surface area contributed by atoms with Crippen LogP contribution in [0.3, 0.4) is 0 Å². The van der Waals surface area contributed by atoms with Crippen molar-refractivity contribution in [3.05, 3.63) is 94.6 Å². The maximum absolute atomic E-state index is 13.6. The minimum Gasteiger partial charge on any atom is -0.487 e. The molecule has 11 heteroatoms. The first kappa shape index (κ1) is 33.9. The molecule has 0 aliphatic heterocycles. The molecule has 2 aromatic rings. The molecule has 2 aromatic carbocycles. The number of carbonyl (C=O) groups excluding carboxylic acids is 2. The zero-order valence-corrected chi connectivity index (χ0v) is 23.7. The van der Waals surface area contributed by atoms with Gasteiger partial charge in [-0.15, -0.1) is 10.1 Å². The van der Waals surface area contributed by atoms with Crippen LogP contribution in [0.15, 0.2) is 78.9 Å². The Morgan fingerprint density at radius 1 is 1.10 bits per heavy atom. The van der Waals surface area contributed by atoms with Gasteiger partial charge in [0.2, 0.25) is 5.91 Å². The molecule has 1 amide bonds. The molecule has 0 spiro atoms. The fourth-order valence-corrected chi connectivity index (χ4v) is 3.98. The molecule has 228 valence electrons. The molecule has 0 radical (unpaired) electrons. The van der Waals surface area contributed by atoms with Gasteiger partial charge in [0.15, 0.2) is 6.61 Å². The van der Waals surface area contributed by atoms with Crippen LogP contribution in [0.25, 0.3) is 0 Å². The minimum absolute atomic E-state index is 0.159. The van der Waals surface area contributed by atoms with E-state index in [2.05, 4.69) is 10.2 Å². The third-order valence-corrected chi connectivity index (χ3v) is 6.15. The molecule has 0 atom stereocenters. The number of unbranched alkanes of at least 4 members (excludes halogenated alkanes) is 1. The maximum Gasteiger partial charge on any atom is 0.330 e. The first-order chi connectivity index (χ1) is 20.2. The molecule has 1 N–H and O–H groups in total. The lowest BCUT2D eigenvalue weighted by Crippen LogP contribution is -2.31. The van der Waals surface area contributed by atoms with E-state index in [0.717, 1.165) is 38.2 Å². The van der Waals surface area contributed by atoms with Gasteiger partial charge in [0.25, 0.3) is 11.0 Å². The zero-order chi connectivity index (χ0) is 30.6. The highest BCUT2D eigenvalue weighted by molar-refractivity contribution is 5.82. The highest BCUT2D eigenvalue weighted by Gasteiger charge is 2.27. The highest BCUT2D eigenvalue weighted by atomic mass is 19.3. The largest absolute Gasteiger partial charge is 0.487 e. The quantitative estimate of drug-likeness (QED) is 0.0621. The standard InChI is InChI=1S/C16H20N2O6.C15H18F2O/c1-2-3-4-5-10-15(19)17-11-16(20)24-14-9-7-6-8-13(14)12-23-18(21)22;16-15(17,11-10-13-6-4-5-7-13)12-18-14-8-2-1-3-9-14/h2-3,6-9H,4-5,10-12H2,1H3,(H,17,19);1-3,8-11,13H,4-7,12H2/b3-2-;11-10+. The fourth-order valence-electron chi connectivity index (χ4n) is 3.98. The van der Waals surface area contributed by atoms with Gasteiger partial charge in [0.1, 0.15) is 24.7 Å². The normalized spacial score (nSPS) is 13.4. The summed E-state index contributed by atoms with van der Waals surface area (Å²) in [5, 5.41) is 11.8. The number of nitrogens with zero attached hydrogens (tertiary/aromatic N) is 1. The van der Waals surface area contributed by atoms with Crippen LogP contribution in [-0.4, -0.2) is 36.0 Å². The number of hydrogen-bond donors (Lipinski definition) is 1. The molecule has 1 aliphatic rings. The molecule has 42 heavy (non-hydrogen) atoms. The van der Waals surface area contributed by atoms with Crippen LogP contribution in [0.2, 0.25) is 0 Å². The number of halogens is 2. The van der Waals surface area contributed by atoms with Crippen molar-refractivity contribution in [3.8, 4) is 11.5 Å². The number of para-hydroxylation sites is 2. The summed E-state index contributed by atoms with van der Waals surface area (Å²) in [5.74, 6) is -2.82. The number of rotatable bonds is 15. The van der Waals surface area contributed by atoms with E-state index in [-0.39, 0.29) is 24.8 Å². The molecule has 0 unspecified atom stereocenters. The summed E-state index contributed by atoms with van der Waals surface area (Å²) in [7, 11) is 0. The fraction of sp³-hybridized carbons (Fsp3) is 0.419. The van der Waals surface area contributed by atoms with Gasteiger partial charge in [-0.25, -0.2) is 4.79 Å². The van der Waals surface area contributed by atoms with Gasteiger partial charge >= 0.3 is 5.97 Å². The number of ether oxygens (including phenoxy) is 2. The van der Waals surface area contributed by atoms with E-state index in [9.17, 15) is 28.5 Å². The van der Waals surface area contributed by atoms with E-state index in [1.54, 1.807) is 48.5 Å². The second-order valence-electron chi connectivity index (χ2n) is 9.58. The van der Waals surface area contributed by atoms with E-state index in [1.165, 1.54) is 6.07 Å². The number of amides is 1. The van der Waals surface area contributed by atoms with E-state index < -0.39 is 23.6 Å². The molecule has 1 saturated carbocycles. The van der Waals surface area contributed by atoms with E-state index >= 15 is 0 Å². The SMILES string of the molecule is C/C=C\CCCC(=O)NCC(=O)Oc1ccccc1CO[N+](=O)[O-].FC(F)(/C=C/C1CCCC1)COc1ccccc1. The van der Waals surface area contributed by atoms with Gasteiger partial charge in [-0.05, 0) is 62.8 Å². The minimum atomic E-state index is -2.89. The average molecular weight is 589 g/mol. The van der Waals surface area contributed by atoms with Crippen molar-refractivity contribution in [3.63, 3.8) is 0 Å². The van der Waals surface area contributed by atoms with E-state index in [1.807, 2.05) is 25.1 Å². The van der Waals surface area contributed by atoms with E-state index in [0.29, 0.717) is 30.1 Å². The zero-order valence-electron chi connectivity index (χ0n) is 23.7. The average Bonchev–Trinajstić information content (AvgIpc) is 3.51. The second-order valence-corrected chi connectivity index (χ2v) is 9.58. The summed E-state index contributed by atoms with van der Waals surface area (Å²) in [6.45, 7) is 0.714. The third kappa shape index (κ3) is 14.9. The van der Waals surface area contributed by atoms with Gasteiger partial charge < -0.3 is 19.6 Å². The van der Waals surface area contributed by atoms with Crippen LogP contribution in [0, 0.1) is 16.0 Å². The van der Waals surface area contributed by atoms with Crippen LogP contribution in [-0.2, 0) is 21.0 Å². The Labute approximate surface area is 244 Å². The first-order valence-corrected chi connectivity index (χ1v) is 13.9. The van der Waals surface area contributed by atoms with Crippen LogP contribution in [0.1, 0.15) is 57.4 Å². The van der Waals surface area contributed by atoms with Crippen LogP contribution < -0.4 is 14.8 Å². The lowest BCUT2D eigenvalue weighted by molar-refractivity contribution is -0.763. The summed E-state index contributed by atoms with van der Waals surface area (Å²) in [6, 6.07) is 15.0. The van der Waals surface area contributed by atoms with Crippen LogP contribution in [0.4, 0.5) is 8.78 Å². The van der Waals surface area contributed by atoms with Crippen LogP contribution in [0.5, 0.6) is 11.5 Å². The molecule has 0 aromatic heterocycles. The summed E-state index contributed by atoms with van der Waals surface area (Å²) < 4.78 is 37.3.